The average molecular weight is 371 g/mol. The largest absolute Gasteiger partial charge is 0.573 e. The predicted octanol–water partition coefficient (Wildman–Crippen LogP) is 4.78. The number of benzene rings is 2. The second-order valence-corrected chi connectivity index (χ2v) is 5.81. The van der Waals surface area contributed by atoms with E-state index in [1.54, 1.807) is 31.4 Å². The van der Waals surface area contributed by atoms with E-state index in [0.29, 0.717) is 24.0 Å². The Kier molecular flexibility index (Phi) is 4.87. The fraction of sp³-hybridized carbons (Fsp3) is 0.235. The number of alkyl halides is 3. The minimum Gasteiger partial charge on any atom is -0.406 e. The summed E-state index contributed by atoms with van der Waals surface area (Å²) in [6, 6.07) is 11.1. The summed E-state index contributed by atoms with van der Waals surface area (Å²) in [4.78, 5) is 4.51. The molecule has 0 bridgehead atoms. The number of fused-ring (bicyclic) bond motifs is 1. The first-order valence-corrected chi connectivity index (χ1v) is 7.72. The molecule has 1 aromatic heterocycles. The Morgan fingerprint density at radius 3 is 2.48 bits per heavy atom. The van der Waals surface area contributed by atoms with Gasteiger partial charge in [-0.25, -0.2) is 4.98 Å². The normalized spacial score (nSPS) is 11.9. The van der Waals surface area contributed by atoms with Crippen molar-refractivity contribution in [3.05, 3.63) is 58.9 Å². The molecule has 0 unspecified atom stereocenters. The first-order valence-electron chi connectivity index (χ1n) is 7.34. The summed E-state index contributed by atoms with van der Waals surface area (Å²) >= 11 is 6.00. The van der Waals surface area contributed by atoms with E-state index in [-0.39, 0.29) is 5.75 Å². The van der Waals surface area contributed by atoms with E-state index in [9.17, 15) is 13.2 Å². The topological polar surface area (TPSA) is 36.3 Å². The van der Waals surface area contributed by atoms with Crippen molar-refractivity contribution >= 4 is 22.6 Å². The summed E-state index contributed by atoms with van der Waals surface area (Å²) in [5.74, 6) is 0.450. The van der Waals surface area contributed by atoms with Crippen LogP contribution in [0.15, 0.2) is 42.5 Å². The molecule has 25 heavy (non-hydrogen) atoms. The van der Waals surface area contributed by atoms with E-state index in [1.165, 1.54) is 12.1 Å². The first-order chi connectivity index (χ1) is 11.9. The lowest BCUT2D eigenvalue weighted by molar-refractivity contribution is -0.274. The standard InChI is InChI=1S/C17H14ClF3N2O2/c1-24-10-16-22-14-8-12(18)4-7-15(14)23(16)9-11-2-5-13(6-3-11)25-17(19,20)21/h2-8H,9-10H2,1H3. The Morgan fingerprint density at radius 2 is 1.84 bits per heavy atom. The summed E-state index contributed by atoms with van der Waals surface area (Å²) in [5, 5.41) is 0.578. The number of imidazole rings is 1. The van der Waals surface area contributed by atoms with Gasteiger partial charge in [-0.15, -0.1) is 13.2 Å². The summed E-state index contributed by atoms with van der Waals surface area (Å²) < 4.78 is 47.7. The third-order valence-corrected chi connectivity index (χ3v) is 3.80. The van der Waals surface area contributed by atoms with E-state index in [1.807, 2.05) is 10.6 Å². The van der Waals surface area contributed by atoms with Crippen molar-refractivity contribution in [1.82, 2.24) is 9.55 Å². The molecule has 2 aromatic carbocycles. The zero-order chi connectivity index (χ0) is 18.0. The van der Waals surface area contributed by atoms with E-state index >= 15 is 0 Å². The molecule has 3 rings (SSSR count). The number of hydrogen-bond acceptors (Lipinski definition) is 3. The number of nitrogens with zero attached hydrogens (tertiary/aromatic N) is 2. The average Bonchev–Trinajstić information content (AvgIpc) is 2.85. The summed E-state index contributed by atoms with van der Waals surface area (Å²) in [5.41, 5.74) is 2.41. The van der Waals surface area contributed by atoms with Crippen LogP contribution in [0.3, 0.4) is 0 Å². The third-order valence-electron chi connectivity index (χ3n) is 3.56. The molecular weight excluding hydrogens is 357 g/mol. The van der Waals surface area contributed by atoms with Gasteiger partial charge in [0.15, 0.2) is 0 Å². The Hall–Kier alpha value is -2.25. The lowest BCUT2D eigenvalue weighted by atomic mass is 10.2. The van der Waals surface area contributed by atoms with Crippen molar-refractivity contribution in [1.29, 1.82) is 0 Å². The van der Waals surface area contributed by atoms with Gasteiger partial charge in [-0.2, -0.15) is 0 Å². The monoisotopic (exact) mass is 370 g/mol. The van der Waals surface area contributed by atoms with Crippen molar-refractivity contribution in [2.24, 2.45) is 0 Å². The highest BCUT2D eigenvalue weighted by Crippen LogP contribution is 2.25. The first kappa shape index (κ1) is 17.6. The molecule has 0 aliphatic carbocycles. The van der Waals surface area contributed by atoms with Gasteiger partial charge in [0.05, 0.1) is 11.0 Å². The van der Waals surface area contributed by atoms with Gasteiger partial charge in [0.2, 0.25) is 0 Å². The molecule has 0 amide bonds. The van der Waals surface area contributed by atoms with Crippen LogP contribution in [0, 0.1) is 0 Å². The van der Waals surface area contributed by atoms with Gasteiger partial charge in [-0.1, -0.05) is 23.7 Å². The van der Waals surface area contributed by atoms with Crippen molar-refractivity contribution in [3.8, 4) is 5.75 Å². The lowest BCUT2D eigenvalue weighted by Crippen LogP contribution is -2.17. The molecule has 132 valence electrons. The maximum atomic E-state index is 12.2. The maximum absolute atomic E-state index is 12.2. The molecule has 0 N–H and O–H groups in total. The fourth-order valence-corrected chi connectivity index (χ4v) is 2.71. The fourth-order valence-electron chi connectivity index (χ4n) is 2.55. The highest BCUT2D eigenvalue weighted by molar-refractivity contribution is 6.31. The predicted molar refractivity (Wildman–Crippen MR) is 87.7 cm³/mol. The third kappa shape index (κ3) is 4.24. The molecule has 8 heteroatoms. The molecule has 0 fully saturated rings. The van der Waals surface area contributed by atoms with Gasteiger partial charge >= 0.3 is 6.36 Å². The zero-order valence-electron chi connectivity index (χ0n) is 13.2. The molecule has 0 atom stereocenters. The van der Waals surface area contributed by atoms with Crippen molar-refractivity contribution < 1.29 is 22.6 Å². The molecule has 4 nitrogen and oxygen atoms in total. The molecule has 0 aliphatic heterocycles. The second kappa shape index (κ2) is 6.93. The SMILES string of the molecule is COCc1nc2cc(Cl)ccc2n1Cc1ccc(OC(F)(F)F)cc1. The Morgan fingerprint density at radius 1 is 1.12 bits per heavy atom. The van der Waals surface area contributed by atoms with E-state index < -0.39 is 6.36 Å². The smallest absolute Gasteiger partial charge is 0.406 e. The van der Waals surface area contributed by atoms with Crippen LogP contribution in [0.25, 0.3) is 11.0 Å². The van der Waals surface area contributed by atoms with Gasteiger partial charge < -0.3 is 14.0 Å². The highest BCUT2D eigenvalue weighted by Gasteiger charge is 2.30. The van der Waals surface area contributed by atoms with Crippen LogP contribution in [0.2, 0.25) is 5.02 Å². The Balaban J connectivity index is 1.90. The zero-order valence-corrected chi connectivity index (χ0v) is 13.9. The van der Waals surface area contributed by atoms with Crippen LogP contribution < -0.4 is 4.74 Å². The minimum atomic E-state index is -4.70. The van der Waals surface area contributed by atoms with Crippen LogP contribution >= 0.6 is 11.6 Å². The van der Waals surface area contributed by atoms with Crippen molar-refractivity contribution in [2.75, 3.05) is 7.11 Å². The number of hydrogen-bond donors (Lipinski definition) is 0. The Bertz CT molecular complexity index is 876. The summed E-state index contributed by atoms with van der Waals surface area (Å²) in [7, 11) is 1.57. The van der Waals surface area contributed by atoms with Crippen molar-refractivity contribution in [2.45, 2.75) is 19.5 Å². The van der Waals surface area contributed by atoms with Gasteiger partial charge in [0.1, 0.15) is 18.2 Å². The molecular formula is C17H14ClF3N2O2. The lowest BCUT2D eigenvalue weighted by Gasteiger charge is -2.11. The number of methoxy groups -OCH3 is 1. The Labute approximate surface area is 146 Å². The number of aromatic nitrogens is 2. The molecule has 0 radical (unpaired) electrons. The quantitative estimate of drug-likeness (QED) is 0.648. The minimum absolute atomic E-state index is 0.254. The molecule has 0 saturated carbocycles. The van der Waals surface area contributed by atoms with Crippen LogP contribution in [0.1, 0.15) is 11.4 Å². The molecule has 0 aliphatic rings. The molecule has 1 heterocycles. The van der Waals surface area contributed by atoms with Gasteiger partial charge in [0, 0.05) is 18.7 Å². The van der Waals surface area contributed by atoms with Crippen LogP contribution in [0.5, 0.6) is 5.75 Å². The highest BCUT2D eigenvalue weighted by atomic mass is 35.5. The van der Waals surface area contributed by atoms with Crippen LogP contribution in [-0.4, -0.2) is 23.0 Å². The molecule has 3 aromatic rings. The van der Waals surface area contributed by atoms with Crippen LogP contribution in [-0.2, 0) is 17.9 Å². The number of rotatable bonds is 5. The molecule has 0 spiro atoms. The number of ether oxygens (including phenoxy) is 2. The van der Waals surface area contributed by atoms with E-state index in [0.717, 1.165) is 16.6 Å². The summed E-state index contributed by atoms with van der Waals surface area (Å²) in [6.45, 7) is 0.741. The van der Waals surface area contributed by atoms with Gasteiger partial charge in [0.25, 0.3) is 0 Å². The maximum Gasteiger partial charge on any atom is 0.573 e. The van der Waals surface area contributed by atoms with E-state index in [2.05, 4.69) is 9.72 Å². The van der Waals surface area contributed by atoms with E-state index in [4.69, 9.17) is 16.3 Å². The molecule has 0 saturated heterocycles. The number of halogens is 4. The van der Waals surface area contributed by atoms with Crippen LogP contribution in [0.4, 0.5) is 13.2 Å². The van der Waals surface area contributed by atoms with Crippen molar-refractivity contribution in [3.63, 3.8) is 0 Å². The van der Waals surface area contributed by atoms with Gasteiger partial charge in [-0.05, 0) is 35.9 Å². The summed E-state index contributed by atoms with van der Waals surface area (Å²) in [6.07, 6.45) is -4.70. The second-order valence-electron chi connectivity index (χ2n) is 5.37. The van der Waals surface area contributed by atoms with Gasteiger partial charge in [-0.3, -0.25) is 0 Å².